The van der Waals surface area contributed by atoms with E-state index in [1.54, 1.807) is 56.0 Å². The molecule has 3 heterocycles. The maximum absolute atomic E-state index is 13.6. The van der Waals surface area contributed by atoms with Crippen LogP contribution >= 0.6 is 11.8 Å². The van der Waals surface area contributed by atoms with Crippen molar-refractivity contribution in [1.29, 1.82) is 0 Å². The third-order valence-corrected chi connectivity index (χ3v) is 6.39. The fourth-order valence-electron chi connectivity index (χ4n) is 3.71. The molecule has 176 valence electrons. The second-order valence-corrected chi connectivity index (χ2v) is 8.61. The van der Waals surface area contributed by atoms with Gasteiger partial charge in [0.25, 0.3) is 5.56 Å². The van der Waals surface area contributed by atoms with Gasteiger partial charge in [-0.25, -0.2) is 4.98 Å². The highest BCUT2D eigenvalue weighted by Gasteiger charge is 2.19. The third-order valence-electron chi connectivity index (χ3n) is 5.46. The van der Waals surface area contributed by atoms with Crippen LogP contribution in [0, 0.1) is 0 Å². The van der Waals surface area contributed by atoms with Crippen LogP contribution in [0.3, 0.4) is 0 Å². The van der Waals surface area contributed by atoms with Gasteiger partial charge < -0.3 is 19.5 Å². The van der Waals surface area contributed by atoms with Crippen molar-refractivity contribution in [3.8, 4) is 22.6 Å². The molecule has 35 heavy (non-hydrogen) atoms. The van der Waals surface area contributed by atoms with Crippen molar-refractivity contribution < 1.29 is 13.9 Å². The van der Waals surface area contributed by atoms with Crippen molar-refractivity contribution in [3.05, 3.63) is 95.3 Å². The van der Waals surface area contributed by atoms with Gasteiger partial charge in [-0.05, 0) is 42.0 Å². The van der Waals surface area contributed by atoms with Crippen LogP contribution in [-0.2, 0) is 11.3 Å². The lowest BCUT2D eigenvalue weighted by atomic mass is 10.1. The van der Waals surface area contributed by atoms with Crippen LogP contribution in [0.2, 0.25) is 0 Å². The zero-order valence-electron chi connectivity index (χ0n) is 18.9. The number of hydrogen-bond donors (Lipinski definition) is 2. The molecule has 0 unspecified atom stereocenters. The number of aromatic nitrogens is 3. The van der Waals surface area contributed by atoms with Crippen molar-refractivity contribution >= 4 is 28.7 Å². The zero-order chi connectivity index (χ0) is 24.2. The summed E-state index contributed by atoms with van der Waals surface area (Å²) in [6, 6.07) is 20.4. The number of methoxy groups -OCH3 is 1. The molecule has 2 aromatic carbocycles. The van der Waals surface area contributed by atoms with E-state index in [1.807, 2.05) is 30.3 Å². The Hall–Kier alpha value is -4.24. The molecule has 0 aliphatic carbocycles. The number of amides is 1. The van der Waals surface area contributed by atoms with Gasteiger partial charge in [-0.1, -0.05) is 42.1 Å². The molecule has 0 aliphatic rings. The Morgan fingerprint density at radius 2 is 1.91 bits per heavy atom. The Morgan fingerprint density at radius 1 is 1.11 bits per heavy atom. The van der Waals surface area contributed by atoms with Crippen LogP contribution in [0.25, 0.3) is 27.8 Å². The van der Waals surface area contributed by atoms with Gasteiger partial charge in [0.15, 0.2) is 5.16 Å². The van der Waals surface area contributed by atoms with E-state index in [0.717, 1.165) is 11.1 Å². The fourth-order valence-corrected chi connectivity index (χ4v) is 4.55. The summed E-state index contributed by atoms with van der Waals surface area (Å²) in [5, 5.41) is 3.24. The Kier molecular flexibility index (Phi) is 6.40. The quantitative estimate of drug-likeness (QED) is 0.249. The number of benzene rings is 2. The largest absolute Gasteiger partial charge is 0.497 e. The lowest BCUT2D eigenvalue weighted by Crippen LogP contribution is -2.26. The predicted molar refractivity (Wildman–Crippen MR) is 135 cm³/mol. The number of nitrogens with zero attached hydrogens (tertiary/aromatic N) is 2. The molecular formula is C26H22N4O4S. The number of rotatable bonds is 8. The van der Waals surface area contributed by atoms with Crippen LogP contribution < -0.4 is 15.6 Å². The molecule has 2 N–H and O–H groups in total. The minimum Gasteiger partial charge on any atom is -0.497 e. The molecule has 0 aliphatic heterocycles. The fraction of sp³-hybridized carbons (Fsp3) is 0.115. The minimum absolute atomic E-state index is 0.0832. The molecule has 0 radical (unpaired) electrons. The number of ether oxygens (including phenoxy) is 1. The summed E-state index contributed by atoms with van der Waals surface area (Å²) in [6.45, 7) is 0.292. The Labute approximate surface area is 205 Å². The summed E-state index contributed by atoms with van der Waals surface area (Å²) < 4.78 is 12.0. The standard InChI is InChI=1S/C26H22N4O4S/c1-33-19-11-9-18(10-12-19)30-25(32)24-23(21(15-28-24)17-6-3-2-4-7-17)29-26(30)35-16-22(31)27-14-20-8-5-13-34-20/h2-13,15,28H,14,16H2,1H3,(H,27,31). The number of fused-ring (bicyclic) bond motifs is 1. The van der Waals surface area contributed by atoms with Gasteiger partial charge in [0.05, 0.1) is 31.4 Å². The number of hydrogen-bond acceptors (Lipinski definition) is 6. The lowest BCUT2D eigenvalue weighted by Gasteiger charge is -2.13. The molecule has 0 saturated heterocycles. The summed E-state index contributed by atoms with van der Waals surface area (Å²) >= 11 is 1.20. The topological polar surface area (TPSA) is 102 Å². The number of nitrogens with one attached hydrogen (secondary N) is 2. The molecule has 8 nitrogen and oxygen atoms in total. The number of H-pyrrole nitrogens is 1. The molecule has 9 heteroatoms. The summed E-state index contributed by atoms with van der Waals surface area (Å²) in [7, 11) is 1.58. The van der Waals surface area contributed by atoms with E-state index in [1.165, 1.54) is 16.3 Å². The number of carbonyl (C=O) groups excluding carboxylic acids is 1. The van der Waals surface area contributed by atoms with Gasteiger partial charge in [-0.15, -0.1) is 0 Å². The Bertz CT molecular complexity index is 1510. The minimum atomic E-state index is -0.249. The first-order chi connectivity index (χ1) is 17.1. The molecule has 1 amide bonds. The third kappa shape index (κ3) is 4.71. The summed E-state index contributed by atoms with van der Waals surface area (Å²) in [4.78, 5) is 34.1. The van der Waals surface area contributed by atoms with Crippen LogP contribution in [0.5, 0.6) is 5.75 Å². The number of furan rings is 1. The maximum Gasteiger partial charge on any atom is 0.283 e. The average molecular weight is 487 g/mol. The molecule has 0 saturated carbocycles. The van der Waals surface area contributed by atoms with E-state index in [-0.39, 0.29) is 17.2 Å². The molecule has 5 rings (SSSR count). The smallest absolute Gasteiger partial charge is 0.283 e. The highest BCUT2D eigenvalue weighted by atomic mass is 32.2. The van der Waals surface area contributed by atoms with Gasteiger partial charge >= 0.3 is 0 Å². The highest BCUT2D eigenvalue weighted by Crippen LogP contribution is 2.29. The van der Waals surface area contributed by atoms with Crippen LogP contribution in [0.1, 0.15) is 5.76 Å². The van der Waals surface area contributed by atoms with Crippen LogP contribution in [0.4, 0.5) is 0 Å². The predicted octanol–water partition coefficient (Wildman–Crippen LogP) is 4.39. The normalized spacial score (nSPS) is 11.0. The van der Waals surface area contributed by atoms with E-state index in [4.69, 9.17) is 14.1 Å². The van der Waals surface area contributed by atoms with E-state index in [2.05, 4.69) is 10.3 Å². The molecule has 5 aromatic rings. The van der Waals surface area contributed by atoms with Gasteiger partial charge in [0.2, 0.25) is 5.91 Å². The molecule has 0 spiro atoms. The Morgan fingerprint density at radius 3 is 2.63 bits per heavy atom. The Balaban J connectivity index is 1.53. The van der Waals surface area contributed by atoms with Crippen molar-refractivity contribution in [3.63, 3.8) is 0 Å². The first kappa shape index (κ1) is 22.5. The second kappa shape index (κ2) is 9.94. The first-order valence-corrected chi connectivity index (χ1v) is 11.9. The molecule has 0 atom stereocenters. The van der Waals surface area contributed by atoms with Gasteiger partial charge in [0.1, 0.15) is 22.5 Å². The summed E-state index contributed by atoms with van der Waals surface area (Å²) in [5.41, 5.74) is 3.10. The first-order valence-electron chi connectivity index (χ1n) is 10.9. The van der Waals surface area contributed by atoms with Crippen LogP contribution in [-0.4, -0.2) is 33.3 Å². The van der Waals surface area contributed by atoms with Crippen molar-refractivity contribution in [2.24, 2.45) is 0 Å². The SMILES string of the molecule is COc1ccc(-n2c(SCC(=O)NCc3ccco3)nc3c(-c4ccccc4)c[nH]c3c2=O)cc1. The van der Waals surface area contributed by atoms with Crippen LogP contribution in [0.15, 0.2) is 93.6 Å². The van der Waals surface area contributed by atoms with E-state index in [0.29, 0.717) is 39.9 Å². The van der Waals surface area contributed by atoms with E-state index >= 15 is 0 Å². The number of thioether (sulfide) groups is 1. The number of carbonyl (C=O) groups is 1. The highest BCUT2D eigenvalue weighted by molar-refractivity contribution is 7.99. The molecular weight excluding hydrogens is 464 g/mol. The average Bonchev–Trinajstić information content (AvgIpc) is 3.57. The second-order valence-electron chi connectivity index (χ2n) is 7.67. The lowest BCUT2D eigenvalue weighted by molar-refractivity contribution is -0.118. The van der Waals surface area contributed by atoms with Gasteiger partial charge in [-0.3, -0.25) is 14.2 Å². The monoisotopic (exact) mass is 486 g/mol. The molecule has 0 bridgehead atoms. The molecule has 3 aromatic heterocycles. The van der Waals surface area contributed by atoms with E-state index in [9.17, 15) is 9.59 Å². The van der Waals surface area contributed by atoms with Gasteiger partial charge in [-0.2, -0.15) is 0 Å². The van der Waals surface area contributed by atoms with Gasteiger partial charge in [0, 0.05) is 11.8 Å². The summed E-state index contributed by atoms with van der Waals surface area (Å²) in [5.74, 6) is 1.23. The van der Waals surface area contributed by atoms with E-state index < -0.39 is 0 Å². The maximum atomic E-state index is 13.6. The molecule has 0 fully saturated rings. The summed E-state index contributed by atoms with van der Waals surface area (Å²) in [6.07, 6.45) is 3.35. The van der Waals surface area contributed by atoms with Crippen molar-refractivity contribution in [1.82, 2.24) is 19.9 Å². The zero-order valence-corrected chi connectivity index (χ0v) is 19.7. The number of aromatic amines is 1. The van der Waals surface area contributed by atoms with Crippen molar-refractivity contribution in [2.75, 3.05) is 12.9 Å². The van der Waals surface area contributed by atoms with Crippen molar-refractivity contribution in [2.45, 2.75) is 11.7 Å².